The number of nitrogens with two attached hydrogens (primary N) is 1. The molecule has 0 saturated carbocycles. The molecule has 0 aromatic rings. The molecular weight excluding hydrogens is 120 g/mol. The van der Waals surface area contributed by atoms with E-state index >= 15 is 0 Å². The summed E-state index contributed by atoms with van der Waals surface area (Å²) in [6, 6.07) is 0. The number of aldehydes is 1. The minimum Gasteiger partial charge on any atom is -0.409 e. The van der Waals surface area contributed by atoms with Gasteiger partial charge in [-0.1, -0.05) is 5.16 Å². The first-order chi connectivity index (χ1) is 4.31. The standard InChI is InChI=1S/C5H10N2O2/c6-5(7-9)3-1-2-4-8/h4,9H,1-3H2,(H2,6,7). The lowest BCUT2D eigenvalue weighted by molar-refractivity contribution is -0.107. The van der Waals surface area contributed by atoms with E-state index in [-0.39, 0.29) is 5.84 Å². The van der Waals surface area contributed by atoms with E-state index in [4.69, 9.17) is 10.9 Å². The maximum absolute atomic E-state index is 9.73. The van der Waals surface area contributed by atoms with Gasteiger partial charge in [0.1, 0.15) is 12.1 Å². The van der Waals surface area contributed by atoms with Gasteiger partial charge in [-0.25, -0.2) is 0 Å². The van der Waals surface area contributed by atoms with Crippen molar-refractivity contribution in [1.29, 1.82) is 0 Å². The largest absolute Gasteiger partial charge is 0.409 e. The van der Waals surface area contributed by atoms with Crippen LogP contribution in [0.5, 0.6) is 0 Å². The number of carbonyl (C=O) groups excluding carboxylic acids is 1. The van der Waals surface area contributed by atoms with Crippen molar-refractivity contribution in [3.05, 3.63) is 0 Å². The Morgan fingerprint density at radius 1 is 1.78 bits per heavy atom. The van der Waals surface area contributed by atoms with Gasteiger partial charge in [-0.2, -0.15) is 0 Å². The van der Waals surface area contributed by atoms with E-state index in [0.717, 1.165) is 6.29 Å². The lowest BCUT2D eigenvalue weighted by Crippen LogP contribution is -2.10. The van der Waals surface area contributed by atoms with Crippen LogP contribution in [0.4, 0.5) is 0 Å². The van der Waals surface area contributed by atoms with Crippen LogP contribution in [0, 0.1) is 0 Å². The van der Waals surface area contributed by atoms with Gasteiger partial charge >= 0.3 is 0 Å². The molecule has 0 aliphatic heterocycles. The van der Waals surface area contributed by atoms with Crippen LogP contribution in [0.2, 0.25) is 0 Å². The summed E-state index contributed by atoms with van der Waals surface area (Å²) < 4.78 is 0. The second-order valence-corrected chi connectivity index (χ2v) is 1.65. The third-order valence-corrected chi connectivity index (χ3v) is 0.883. The minimum absolute atomic E-state index is 0.178. The lowest BCUT2D eigenvalue weighted by Gasteiger charge is -1.91. The molecule has 4 nitrogen and oxygen atoms in total. The predicted molar refractivity (Wildman–Crippen MR) is 33.3 cm³/mol. The summed E-state index contributed by atoms with van der Waals surface area (Å²) in [7, 11) is 0. The van der Waals surface area contributed by atoms with Gasteiger partial charge in [-0.05, 0) is 6.42 Å². The molecule has 9 heavy (non-hydrogen) atoms. The van der Waals surface area contributed by atoms with Crippen molar-refractivity contribution in [3.8, 4) is 0 Å². The number of amidine groups is 1. The molecule has 0 rings (SSSR count). The van der Waals surface area contributed by atoms with Gasteiger partial charge in [0, 0.05) is 12.8 Å². The molecule has 0 aromatic carbocycles. The second kappa shape index (κ2) is 5.08. The molecule has 0 radical (unpaired) electrons. The van der Waals surface area contributed by atoms with Crippen molar-refractivity contribution in [1.82, 2.24) is 0 Å². The zero-order valence-electron chi connectivity index (χ0n) is 5.08. The molecule has 0 unspecified atom stereocenters. The molecule has 0 aromatic heterocycles. The molecule has 0 fully saturated rings. The Kier molecular flexibility index (Phi) is 4.49. The maximum Gasteiger partial charge on any atom is 0.139 e. The number of oxime groups is 1. The summed E-state index contributed by atoms with van der Waals surface area (Å²) in [5, 5.41) is 10.7. The van der Waals surface area contributed by atoms with Crippen molar-refractivity contribution in [3.63, 3.8) is 0 Å². The van der Waals surface area contributed by atoms with Crippen LogP contribution in [0.25, 0.3) is 0 Å². The van der Waals surface area contributed by atoms with E-state index in [9.17, 15) is 4.79 Å². The van der Waals surface area contributed by atoms with E-state index in [2.05, 4.69) is 5.16 Å². The molecule has 0 spiro atoms. The van der Waals surface area contributed by atoms with Crippen LogP contribution in [0.1, 0.15) is 19.3 Å². The number of hydrogen-bond acceptors (Lipinski definition) is 3. The van der Waals surface area contributed by atoms with Crippen LogP contribution in [0.15, 0.2) is 5.16 Å². The number of carbonyl (C=O) groups is 1. The maximum atomic E-state index is 9.73. The second-order valence-electron chi connectivity index (χ2n) is 1.65. The predicted octanol–water partition coefficient (Wildman–Crippen LogP) is 0.102. The average molecular weight is 130 g/mol. The molecule has 0 heterocycles. The fraction of sp³-hybridized carbons (Fsp3) is 0.600. The van der Waals surface area contributed by atoms with Crippen LogP contribution < -0.4 is 5.73 Å². The van der Waals surface area contributed by atoms with E-state index in [1.54, 1.807) is 0 Å². The van der Waals surface area contributed by atoms with Crippen LogP contribution in [-0.2, 0) is 4.79 Å². The molecular formula is C5H10N2O2. The molecule has 52 valence electrons. The normalized spacial score (nSPS) is 11.3. The third kappa shape index (κ3) is 4.80. The summed E-state index contributed by atoms with van der Waals surface area (Å²) >= 11 is 0. The number of nitrogens with zero attached hydrogens (tertiary/aromatic N) is 1. The molecule has 4 heteroatoms. The van der Waals surface area contributed by atoms with Gasteiger partial charge in [0.25, 0.3) is 0 Å². The zero-order valence-corrected chi connectivity index (χ0v) is 5.08. The van der Waals surface area contributed by atoms with Crippen LogP contribution in [0.3, 0.4) is 0 Å². The number of rotatable bonds is 4. The first-order valence-corrected chi connectivity index (χ1v) is 2.71. The quantitative estimate of drug-likeness (QED) is 0.141. The third-order valence-electron chi connectivity index (χ3n) is 0.883. The highest BCUT2D eigenvalue weighted by Gasteiger charge is 1.90. The minimum atomic E-state index is 0.178. The summed E-state index contributed by atoms with van der Waals surface area (Å²) in [4.78, 5) is 9.73. The summed E-state index contributed by atoms with van der Waals surface area (Å²) in [6.45, 7) is 0. The van der Waals surface area contributed by atoms with Crippen LogP contribution >= 0.6 is 0 Å². The molecule has 0 saturated heterocycles. The molecule has 3 N–H and O–H groups in total. The van der Waals surface area contributed by atoms with E-state index in [1.165, 1.54) is 0 Å². The Morgan fingerprint density at radius 3 is 2.89 bits per heavy atom. The molecule has 0 aliphatic carbocycles. The van der Waals surface area contributed by atoms with Gasteiger partial charge in [0.15, 0.2) is 0 Å². The van der Waals surface area contributed by atoms with Crippen molar-refractivity contribution in [2.45, 2.75) is 19.3 Å². The zero-order chi connectivity index (χ0) is 7.11. The van der Waals surface area contributed by atoms with Gasteiger partial charge in [0.05, 0.1) is 0 Å². The highest BCUT2D eigenvalue weighted by Crippen LogP contribution is 1.90. The van der Waals surface area contributed by atoms with E-state index in [0.29, 0.717) is 19.3 Å². The van der Waals surface area contributed by atoms with Gasteiger partial charge in [-0.15, -0.1) is 0 Å². The van der Waals surface area contributed by atoms with Gasteiger partial charge in [-0.3, -0.25) is 0 Å². The Morgan fingerprint density at radius 2 is 2.44 bits per heavy atom. The first kappa shape index (κ1) is 7.94. The van der Waals surface area contributed by atoms with Crippen molar-refractivity contribution in [2.24, 2.45) is 10.9 Å². The van der Waals surface area contributed by atoms with Crippen LogP contribution in [-0.4, -0.2) is 17.3 Å². The number of unbranched alkanes of at least 4 members (excludes halogenated alkanes) is 1. The average Bonchev–Trinajstić information content (AvgIpc) is 1.89. The van der Waals surface area contributed by atoms with E-state index in [1.807, 2.05) is 0 Å². The first-order valence-electron chi connectivity index (χ1n) is 2.71. The Hall–Kier alpha value is -1.06. The highest BCUT2D eigenvalue weighted by atomic mass is 16.4. The summed E-state index contributed by atoms with van der Waals surface area (Å²) in [5.74, 6) is 0.178. The monoisotopic (exact) mass is 130 g/mol. The molecule has 0 atom stereocenters. The SMILES string of the molecule is N/C(CCCC=O)=N\O. The fourth-order valence-electron chi connectivity index (χ4n) is 0.417. The molecule has 0 amide bonds. The fourth-order valence-corrected chi connectivity index (χ4v) is 0.417. The summed E-state index contributed by atoms with van der Waals surface area (Å²) in [6.07, 6.45) is 2.41. The van der Waals surface area contributed by atoms with Crippen molar-refractivity contribution < 1.29 is 10.0 Å². The van der Waals surface area contributed by atoms with E-state index < -0.39 is 0 Å². The van der Waals surface area contributed by atoms with Gasteiger partial charge < -0.3 is 15.7 Å². The molecule has 0 aliphatic rings. The number of hydrogen-bond donors (Lipinski definition) is 2. The Labute approximate surface area is 53.3 Å². The Bertz CT molecular complexity index is 112. The van der Waals surface area contributed by atoms with Gasteiger partial charge in [0.2, 0.25) is 0 Å². The lowest BCUT2D eigenvalue weighted by atomic mass is 10.2. The topological polar surface area (TPSA) is 75.7 Å². The smallest absolute Gasteiger partial charge is 0.139 e. The van der Waals surface area contributed by atoms with Crippen molar-refractivity contribution in [2.75, 3.05) is 0 Å². The summed E-state index contributed by atoms with van der Waals surface area (Å²) in [5.41, 5.74) is 5.10. The highest BCUT2D eigenvalue weighted by molar-refractivity contribution is 5.79. The molecule has 0 bridgehead atoms. The Balaban J connectivity index is 3.17. The van der Waals surface area contributed by atoms with Crippen molar-refractivity contribution >= 4 is 12.1 Å².